The first-order valence-electron chi connectivity index (χ1n) is 10.6. The normalized spacial score (nSPS) is 11.0. The van der Waals surface area contributed by atoms with Gasteiger partial charge < -0.3 is 9.47 Å². The molecule has 33 heavy (non-hydrogen) atoms. The first-order valence-corrected chi connectivity index (χ1v) is 11.0. The number of rotatable bonds is 8. The molecule has 0 atom stereocenters. The van der Waals surface area contributed by atoms with Crippen LogP contribution in [0.3, 0.4) is 0 Å². The van der Waals surface area contributed by atoms with Gasteiger partial charge in [-0.15, -0.1) is 0 Å². The van der Waals surface area contributed by atoms with E-state index in [-0.39, 0.29) is 5.91 Å². The lowest BCUT2D eigenvalue weighted by atomic mass is 10.1. The number of halogens is 1. The quantitative estimate of drug-likeness (QED) is 0.251. The average Bonchev–Trinajstić information content (AvgIpc) is 2.84. The molecule has 0 unspecified atom stereocenters. The van der Waals surface area contributed by atoms with Crippen LogP contribution in [0.1, 0.15) is 28.4 Å². The second-order valence-corrected chi connectivity index (χ2v) is 7.71. The summed E-state index contributed by atoms with van der Waals surface area (Å²) in [6.45, 7) is 2.84. The summed E-state index contributed by atoms with van der Waals surface area (Å²) in [6, 6.07) is 26.5. The standard InChI is InChI=1S/C27H23ClN2O3/c1-2-32-26-16-19(17-29-30-27(31)21-11-13-23(28)14-12-21)10-15-25(26)33-18-22-8-5-7-20-6-3-4-9-24(20)22/h3-17H,2,18H2,1H3,(H,30,31)/b29-17-. The molecule has 0 aliphatic heterocycles. The summed E-state index contributed by atoms with van der Waals surface area (Å²) in [5, 5.41) is 6.96. The zero-order valence-electron chi connectivity index (χ0n) is 18.1. The molecule has 4 aromatic carbocycles. The fraction of sp³-hybridized carbons (Fsp3) is 0.111. The van der Waals surface area contributed by atoms with Crippen LogP contribution in [0.4, 0.5) is 0 Å². The Labute approximate surface area is 197 Å². The van der Waals surface area contributed by atoms with Crippen molar-refractivity contribution in [2.45, 2.75) is 13.5 Å². The highest BCUT2D eigenvalue weighted by molar-refractivity contribution is 6.30. The summed E-state index contributed by atoms with van der Waals surface area (Å²) >= 11 is 5.85. The van der Waals surface area contributed by atoms with E-state index in [2.05, 4.69) is 34.8 Å². The largest absolute Gasteiger partial charge is 0.490 e. The molecule has 6 heteroatoms. The van der Waals surface area contributed by atoms with Gasteiger partial charge in [0.1, 0.15) is 6.61 Å². The Bertz CT molecular complexity index is 1280. The third-order valence-corrected chi connectivity index (χ3v) is 5.27. The number of hydrogen-bond donors (Lipinski definition) is 1. The molecule has 4 rings (SSSR count). The van der Waals surface area contributed by atoms with Crippen LogP contribution < -0.4 is 14.9 Å². The van der Waals surface area contributed by atoms with Crippen molar-refractivity contribution in [1.29, 1.82) is 0 Å². The number of carbonyl (C=O) groups is 1. The van der Waals surface area contributed by atoms with E-state index < -0.39 is 0 Å². The van der Waals surface area contributed by atoms with Gasteiger partial charge in [-0.1, -0.05) is 54.1 Å². The number of hydrogen-bond acceptors (Lipinski definition) is 4. The Morgan fingerprint density at radius 1 is 0.939 bits per heavy atom. The summed E-state index contributed by atoms with van der Waals surface area (Å²) in [6.07, 6.45) is 1.56. The van der Waals surface area contributed by atoms with E-state index in [0.717, 1.165) is 16.5 Å². The summed E-state index contributed by atoms with van der Waals surface area (Å²) < 4.78 is 11.9. The first kappa shape index (κ1) is 22.4. The topological polar surface area (TPSA) is 59.9 Å². The van der Waals surface area contributed by atoms with Crippen molar-refractivity contribution in [3.8, 4) is 11.5 Å². The Balaban J connectivity index is 1.45. The van der Waals surface area contributed by atoms with Crippen LogP contribution in [0.5, 0.6) is 11.5 Å². The molecule has 0 bridgehead atoms. The predicted octanol–water partition coefficient (Wildman–Crippen LogP) is 6.23. The number of amides is 1. The number of nitrogens with zero attached hydrogens (tertiary/aromatic N) is 1. The summed E-state index contributed by atoms with van der Waals surface area (Å²) in [4.78, 5) is 12.2. The molecule has 0 spiro atoms. The van der Waals surface area contributed by atoms with Crippen LogP contribution in [-0.4, -0.2) is 18.7 Å². The minimum atomic E-state index is -0.317. The predicted molar refractivity (Wildman–Crippen MR) is 132 cm³/mol. The highest BCUT2D eigenvalue weighted by atomic mass is 35.5. The third kappa shape index (κ3) is 5.70. The van der Waals surface area contributed by atoms with Crippen molar-refractivity contribution in [2.75, 3.05) is 6.61 Å². The second-order valence-electron chi connectivity index (χ2n) is 7.27. The minimum absolute atomic E-state index is 0.317. The maximum atomic E-state index is 12.2. The van der Waals surface area contributed by atoms with Crippen LogP contribution in [-0.2, 0) is 6.61 Å². The lowest BCUT2D eigenvalue weighted by Crippen LogP contribution is -2.17. The van der Waals surface area contributed by atoms with Crippen LogP contribution in [0.2, 0.25) is 5.02 Å². The number of carbonyl (C=O) groups excluding carboxylic acids is 1. The van der Waals surface area contributed by atoms with E-state index in [1.165, 1.54) is 5.39 Å². The highest BCUT2D eigenvalue weighted by Crippen LogP contribution is 2.30. The van der Waals surface area contributed by atoms with Gasteiger partial charge in [-0.2, -0.15) is 5.10 Å². The Hall–Kier alpha value is -3.83. The molecule has 0 aromatic heterocycles. The molecule has 1 N–H and O–H groups in total. The van der Waals surface area contributed by atoms with Crippen molar-refractivity contribution >= 4 is 34.5 Å². The van der Waals surface area contributed by atoms with E-state index in [0.29, 0.717) is 35.3 Å². The average molecular weight is 459 g/mol. The van der Waals surface area contributed by atoms with Crippen molar-refractivity contribution < 1.29 is 14.3 Å². The van der Waals surface area contributed by atoms with Crippen LogP contribution >= 0.6 is 11.6 Å². The molecular formula is C27H23ClN2O3. The molecule has 5 nitrogen and oxygen atoms in total. The maximum Gasteiger partial charge on any atom is 0.271 e. The molecule has 0 radical (unpaired) electrons. The van der Waals surface area contributed by atoms with Gasteiger partial charge in [0.25, 0.3) is 5.91 Å². The second kappa shape index (κ2) is 10.7. The molecule has 0 heterocycles. The van der Waals surface area contributed by atoms with E-state index >= 15 is 0 Å². The van der Waals surface area contributed by atoms with Crippen LogP contribution in [0, 0.1) is 0 Å². The summed E-state index contributed by atoms with van der Waals surface area (Å²) in [5.41, 5.74) is 4.86. The van der Waals surface area contributed by atoms with Crippen molar-refractivity contribution in [2.24, 2.45) is 5.10 Å². The van der Waals surface area contributed by atoms with E-state index in [1.807, 2.05) is 43.3 Å². The molecule has 0 aliphatic carbocycles. The number of hydrazone groups is 1. The zero-order valence-corrected chi connectivity index (χ0v) is 18.9. The van der Waals surface area contributed by atoms with E-state index in [4.69, 9.17) is 21.1 Å². The van der Waals surface area contributed by atoms with Gasteiger partial charge in [0.2, 0.25) is 0 Å². The minimum Gasteiger partial charge on any atom is -0.490 e. The van der Waals surface area contributed by atoms with Gasteiger partial charge in [-0.05, 0) is 71.3 Å². The van der Waals surface area contributed by atoms with E-state index in [9.17, 15) is 4.79 Å². The number of nitrogens with one attached hydrogen (secondary N) is 1. The van der Waals surface area contributed by atoms with Crippen molar-refractivity contribution in [1.82, 2.24) is 5.43 Å². The van der Waals surface area contributed by atoms with Crippen molar-refractivity contribution in [3.05, 3.63) is 107 Å². The summed E-state index contributed by atoms with van der Waals surface area (Å²) in [7, 11) is 0. The fourth-order valence-electron chi connectivity index (χ4n) is 3.40. The lowest BCUT2D eigenvalue weighted by molar-refractivity contribution is 0.0955. The lowest BCUT2D eigenvalue weighted by Gasteiger charge is -2.13. The van der Waals surface area contributed by atoms with Gasteiger partial charge in [0, 0.05) is 10.6 Å². The Morgan fingerprint density at radius 3 is 2.55 bits per heavy atom. The molecule has 0 saturated carbocycles. The zero-order chi connectivity index (χ0) is 23.0. The van der Waals surface area contributed by atoms with E-state index in [1.54, 1.807) is 30.5 Å². The highest BCUT2D eigenvalue weighted by Gasteiger charge is 2.08. The maximum absolute atomic E-state index is 12.2. The van der Waals surface area contributed by atoms with Gasteiger partial charge in [0.15, 0.2) is 11.5 Å². The molecule has 1 amide bonds. The third-order valence-electron chi connectivity index (χ3n) is 5.02. The van der Waals surface area contributed by atoms with Crippen molar-refractivity contribution in [3.63, 3.8) is 0 Å². The molecule has 0 fully saturated rings. The first-order chi connectivity index (χ1) is 16.1. The molecule has 4 aromatic rings. The fourth-order valence-corrected chi connectivity index (χ4v) is 3.52. The van der Waals surface area contributed by atoms with Crippen LogP contribution in [0.15, 0.2) is 90.0 Å². The number of fused-ring (bicyclic) bond motifs is 1. The monoisotopic (exact) mass is 458 g/mol. The molecule has 166 valence electrons. The molecule has 0 aliphatic rings. The number of benzene rings is 4. The molecule has 0 saturated heterocycles. The number of ether oxygens (including phenoxy) is 2. The molecular weight excluding hydrogens is 436 g/mol. The van der Waals surface area contributed by atoms with Gasteiger partial charge in [0.05, 0.1) is 12.8 Å². The Kier molecular flexibility index (Phi) is 7.22. The SMILES string of the molecule is CCOc1cc(/C=N\NC(=O)c2ccc(Cl)cc2)ccc1OCc1cccc2ccccc12. The Morgan fingerprint density at radius 2 is 1.73 bits per heavy atom. The summed E-state index contributed by atoms with van der Waals surface area (Å²) in [5.74, 6) is 0.945. The van der Waals surface area contributed by atoms with Gasteiger partial charge >= 0.3 is 0 Å². The van der Waals surface area contributed by atoms with Gasteiger partial charge in [-0.3, -0.25) is 4.79 Å². The van der Waals surface area contributed by atoms with Crippen LogP contribution in [0.25, 0.3) is 10.8 Å². The van der Waals surface area contributed by atoms with Gasteiger partial charge in [-0.25, -0.2) is 5.43 Å². The smallest absolute Gasteiger partial charge is 0.271 e.